The Bertz CT molecular complexity index is 191. The molecule has 1 aliphatic heterocycles. The van der Waals surface area contributed by atoms with Crippen LogP contribution in [0.25, 0.3) is 0 Å². The van der Waals surface area contributed by atoms with Crippen LogP contribution in [0, 0.1) is 6.32 Å². The Hall–Kier alpha value is 0.275. The van der Waals surface area contributed by atoms with Gasteiger partial charge in [-0.05, 0) is 40.4 Å². The van der Waals surface area contributed by atoms with Crippen LogP contribution in [0.5, 0.6) is 0 Å². The topological polar surface area (TPSA) is 18.5 Å². The van der Waals surface area contributed by atoms with Crippen molar-refractivity contribution in [1.29, 1.82) is 0 Å². The van der Waals surface area contributed by atoms with Crippen LogP contribution in [0.3, 0.4) is 0 Å². The van der Waals surface area contributed by atoms with Crippen LogP contribution in [0.1, 0.15) is 47.0 Å². The minimum Gasteiger partial charge on any atom is -0.403 e. The first-order valence-corrected chi connectivity index (χ1v) is 6.17. The van der Waals surface area contributed by atoms with Crippen molar-refractivity contribution in [2.75, 3.05) is 5.88 Å². The van der Waals surface area contributed by atoms with E-state index < -0.39 is 0 Å². The molecule has 1 saturated heterocycles. The second kappa shape index (κ2) is 5.07. The van der Waals surface area contributed by atoms with E-state index in [4.69, 9.17) is 20.9 Å². The van der Waals surface area contributed by atoms with Crippen molar-refractivity contribution in [3.05, 3.63) is 6.32 Å². The number of halogens is 1. The highest BCUT2D eigenvalue weighted by Gasteiger charge is 2.50. The third-order valence-corrected chi connectivity index (χ3v) is 3.49. The molecule has 0 saturated carbocycles. The second-order valence-electron chi connectivity index (χ2n) is 5.05. The maximum atomic E-state index is 5.83. The molecule has 0 N–H and O–H groups in total. The Morgan fingerprint density at radius 2 is 1.60 bits per heavy atom. The van der Waals surface area contributed by atoms with Gasteiger partial charge in [0.25, 0.3) is 0 Å². The fourth-order valence-corrected chi connectivity index (χ4v) is 1.67. The van der Waals surface area contributed by atoms with Gasteiger partial charge in [0.2, 0.25) is 0 Å². The fourth-order valence-electron chi connectivity index (χ4n) is 1.48. The van der Waals surface area contributed by atoms with Gasteiger partial charge >= 0.3 is 7.12 Å². The quantitative estimate of drug-likeness (QED) is 0.411. The summed E-state index contributed by atoms with van der Waals surface area (Å²) in [5.74, 6) is 0.733. The highest BCUT2D eigenvalue weighted by atomic mass is 35.5. The molecule has 2 nitrogen and oxygen atoms in total. The highest BCUT2D eigenvalue weighted by molar-refractivity contribution is 6.49. The molecular weight excluding hydrogens is 210 g/mol. The number of hydrogen-bond acceptors (Lipinski definition) is 2. The van der Waals surface area contributed by atoms with Gasteiger partial charge in [0, 0.05) is 5.88 Å². The SMILES string of the molecule is CC1(C)OB([CH]CCCCCl)OC1(C)C. The van der Waals surface area contributed by atoms with E-state index in [9.17, 15) is 0 Å². The van der Waals surface area contributed by atoms with E-state index in [2.05, 4.69) is 34.0 Å². The lowest BCUT2D eigenvalue weighted by molar-refractivity contribution is 0.00578. The molecule has 0 spiro atoms. The molecule has 0 unspecified atom stereocenters. The maximum Gasteiger partial charge on any atom is 0.460 e. The minimum absolute atomic E-state index is 0.162. The highest BCUT2D eigenvalue weighted by Crippen LogP contribution is 2.37. The van der Waals surface area contributed by atoms with E-state index in [0.717, 1.165) is 25.1 Å². The van der Waals surface area contributed by atoms with E-state index in [0.29, 0.717) is 0 Å². The van der Waals surface area contributed by atoms with E-state index in [1.54, 1.807) is 0 Å². The first-order chi connectivity index (χ1) is 6.89. The maximum absolute atomic E-state index is 5.83. The molecule has 0 aromatic heterocycles. The lowest BCUT2D eigenvalue weighted by Crippen LogP contribution is -2.41. The zero-order valence-corrected chi connectivity index (χ0v) is 10.9. The van der Waals surface area contributed by atoms with Gasteiger partial charge in [0.05, 0.1) is 11.2 Å². The van der Waals surface area contributed by atoms with E-state index in [-0.39, 0.29) is 18.3 Å². The summed E-state index contributed by atoms with van der Waals surface area (Å²) in [5.41, 5.74) is -0.443. The molecule has 4 heteroatoms. The molecule has 0 amide bonds. The van der Waals surface area contributed by atoms with Gasteiger partial charge in [-0.3, -0.25) is 0 Å². The van der Waals surface area contributed by atoms with Gasteiger partial charge in [-0.2, -0.15) is 0 Å². The summed E-state index contributed by atoms with van der Waals surface area (Å²) in [6.45, 7) is 8.28. The predicted octanol–water partition coefficient (Wildman–Crippen LogP) is 3.23. The van der Waals surface area contributed by atoms with Crippen molar-refractivity contribution in [3.8, 4) is 0 Å². The monoisotopic (exact) mass is 231 g/mol. The van der Waals surface area contributed by atoms with Crippen LogP contribution in [-0.4, -0.2) is 24.2 Å². The van der Waals surface area contributed by atoms with Gasteiger partial charge in [-0.15, -0.1) is 11.6 Å². The molecule has 0 atom stereocenters. The summed E-state index contributed by atoms with van der Waals surface area (Å²) in [4.78, 5) is 0. The van der Waals surface area contributed by atoms with Crippen LogP contribution >= 0.6 is 11.6 Å². The Balaban J connectivity index is 2.30. The van der Waals surface area contributed by atoms with Gasteiger partial charge in [0.1, 0.15) is 0 Å². The molecule has 15 heavy (non-hydrogen) atoms. The first-order valence-electron chi connectivity index (χ1n) is 5.64. The molecule has 0 bridgehead atoms. The average Bonchev–Trinajstić information content (AvgIpc) is 2.30. The van der Waals surface area contributed by atoms with Crippen LogP contribution in [0.2, 0.25) is 0 Å². The van der Waals surface area contributed by atoms with Crippen LogP contribution in [0.4, 0.5) is 0 Å². The summed E-state index contributed by atoms with van der Waals surface area (Å²) in [7, 11) is -0.162. The van der Waals surface area contributed by atoms with Crippen molar-refractivity contribution in [3.63, 3.8) is 0 Å². The standard InChI is InChI=1S/C11H21BClO2/c1-10(2)11(3,4)15-12(14-10)8-6-5-7-9-13/h8H,5-7,9H2,1-4H3. The minimum atomic E-state index is -0.222. The summed E-state index contributed by atoms with van der Waals surface area (Å²) in [5, 5.41) is 0. The molecule has 1 fully saturated rings. The van der Waals surface area contributed by atoms with Crippen LogP contribution in [-0.2, 0) is 9.31 Å². The fraction of sp³-hybridized carbons (Fsp3) is 0.909. The Kier molecular flexibility index (Phi) is 4.51. The zero-order chi connectivity index (χ0) is 11.5. The van der Waals surface area contributed by atoms with Gasteiger partial charge in [-0.1, -0.05) is 12.8 Å². The molecule has 87 valence electrons. The second-order valence-corrected chi connectivity index (χ2v) is 5.42. The third kappa shape index (κ3) is 3.37. The number of rotatable bonds is 5. The Labute approximate surface area is 98.8 Å². The molecule has 1 heterocycles. The Morgan fingerprint density at radius 1 is 1.07 bits per heavy atom. The average molecular weight is 232 g/mol. The molecule has 0 aliphatic carbocycles. The summed E-state index contributed by atoms with van der Waals surface area (Å²) >= 11 is 5.61. The number of alkyl halides is 1. The first kappa shape index (κ1) is 13.3. The summed E-state index contributed by atoms with van der Waals surface area (Å²) in [6.07, 6.45) is 5.26. The van der Waals surface area contributed by atoms with E-state index in [1.165, 1.54) is 0 Å². The largest absolute Gasteiger partial charge is 0.460 e. The smallest absolute Gasteiger partial charge is 0.403 e. The van der Waals surface area contributed by atoms with Gasteiger partial charge < -0.3 is 9.31 Å². The molecule has 1 aliphatic rings. The molecule has 1 radical (unpaired) electrons. The lowest BCUT2D eigenvalue weighted by atomic mass is 9.82. The molecule has 0 aromatic rings. The van der Waals surface area contributed by atoms with Gasteiger partial charge in [-0.25, -0.2) is 0 Å². The van der Waals surface area contributed by atoms with Crippen LogP contribution < -0.4 is 0 Å². The van der Waals surface area contributed by atoms with E-state index in [1.807, 2.05) is 0 Å². The molecule has 1 rings (SSSR count). The van der Waals surface area contributed by atoms with Crippen molar-refractivity contribution in [1.82, 2.24) is 0 Å². The van der Waals surface area contributed by atoms with Crippen molar-refractivity contribution in [2.45, 2.75) is 58.2 Å². The van der Waals surface area contributed by atoms with Crippen LogP contribution in [0.15, 0.2) is 0 Å². The van der Waals surface area contributed by atoms with Gasteiger partial charge in [0.15, 0.2) is 0 Å². The van der Waals surface area contributed by atoms with E-state index >= 15 is 0 Å². The van der Waals surface area contributed by atoms with Crippen molar-refractivity contribution < 1.29 is 9.31 Å². The summed E-state index contributed by atoms with van der Waals surface area (Å²) in [6, 6.07) is 0. The number of hydrogen-bond donors (Lipinski definition) is 0. The normalized spacial score (nSPS) is 23.4. The Morgan fingerprint density at radius 3 is 2.07 bits per heavy atom. The zero-order valence-electron chi connectivity index (χ0n) is 10.2. The predicted molar refractivity (Wildman–Crippen MR) is 65.0 cm³/mol. The number of unbranched alkanes of at least 4 members (excludes halogenated alkanes) is 2. The van der Waals surface area contributed by atoms with Crippen molar-refractivity contribution in [2.24, 2.45) is 0 Å². The molecular formula is C11H21BClO2. The lowest BCUT2D eigenvalue weighted by Gasteiger charge is -2.32. The third-order valence-electron chi connectivity index (χ3n) is 3.22. The summed E-state index contributed by atoms with van der Waals surface area (Å²) < 4.78 is 11.7. The molecule has 0 aromatic carbocycles. The van der Waals surface area contributed by atoms with Crippen molar-refractivity contribution >= 4 is 18.7 Å².